The Morgan fingerprint density at radius 1 is 0.811 bits per heavy atom. The molecule has 6 atom stereocenters. The summed E-state index contributed by atoms with van der Waals surface area (Å²) >= 11 is 0. The lowest BCUT2D eigenvalue weighted by atomic mass is 9.55. The highest BCUT2D eigenvalue weighted by Crippen LogP contribution is 2.52. The molecule has 6 aromatic rings. The number of aliphatic hydroxyl groups excluding tert-OH is 2. The second-order valence-corrected chi connectivity index (χ2v) is 24.3. The number of hydrogen-bond acceptors (Lipinski definition) is 11. The van der Waals surface area contributed by atoms with Crippen molar-refractivity contribution in [1.29, 1.82) is 0 Å². The first-order valence-corrected chi connectivity index (χ1v) is 29.6. The molecule has 1 aromatic heterocycles. The number of H-pyrrole nitrogens is 1. The van der Waals surface area contributed by atoms with E-state index in [1.54, 1.807) is 46.9 Å². The third kappa shape index (κ3) is 10.3. The van der Waals surface area contributed by atoms with E-state index in [0.717, 1.165) is 98.3 Å². The number of aryl methyl sites for hydroxylation is 1. The maximum atomic E-state index is 16.8. The number of carbonyl (C=O) groups is 1. The van der Waals surface area contributed by atoms with E-state index in [-0.39, 0.29) is 42.0 Å². The van der Waals surface area contributed by atoms with Crippen molar-refractivity contribution in [2.24, 2.45) is 17.8 Å². The third-order valence-electron chi connectivity index (χ3n) is 17.6. The first kappa shape index (κ1) is 52.3. The second kappa shape index (κ2) is 22.6. The molecule has 0 bridgehead atoms. The number of aromatic hydroxyl groups is 3. The average Bonchev–Trinajstić information content (AvgIpc) is 3.94. The van der Waals surface area contributed by atoms with Crippen molar-refractivity contribution in [3.05, 3.63) is 147 Å². The molecule has 3 saturated carbocycles. The van der Waals surface area contributed by atoms with Gasteiger partial charge in [-0.2, -0.15) is 0 Å². The molecule has 0 unspecified atom stereocenters. The van der Waals surface area contributed by atoms with E-state index in [9.17, 15) is 25.5 Å². The van der Waals surface area contributed by atoms with Crippen molar-refractivity contribution in [2.45, 2.75) is 145 Å². The molecule has 12 heteroatoms. The van der Waals surface area contributed by atoms with Gasteiger partial charge in [0.2, 0.25) is 0 Å². The SMILES string of the molecule is CCc1ccc2cccc3c2c1Cc1c(ccc(O)c1OC)C[C@@H](Cc1cc[nH]c1)[C@H](O)[C@@H]1C(=O)[C@@](Cc2ccc(O)c(OC4CCCCC4)c2)(c2cc(O)cc(C4(NC)CCCCC4)c2)[C@@H](O)C[C@H]1CSSC3. The Hall–Kier alpha value is -5.11. The van der Waals surface area contributed by atoms with Gasteiger partial charge in [0.25, 0.3) is 0 Å². The normalized spacial score (nSPS) is 24.8. The van der Waals surface area contributed by atoms with E-state index >= 15 is 4.79 Å². The van der Waals surface area contributed by atoms with Crippen LogP contribution >= 0.6 is 21.6 Å². The minimum absolute atomic E-state index is 0.0159. The fourth-order valence-electron chi connectivity index (χ4n) is 13.6. The van der Waals surface area contributed by atoms with Gasteiger partial charge in [-0.15, -0.1) is 0 Å². The summed E-state index contributed by atoms with van der Waals surface area (Å²) in [4.78, 5) is 20.0. The monoisotopic (exact) mass is 1040 g/mol. The summed E-state index contributed by atoms with van der Waals surface area (Å²) in [5.41, 5.74) is 6.36. The molecular weight excluding hydrogens is 965 g/mol. The summed E-state index contributed by atoms with van der Waals surface area (Å²) in [6.45, 7) is 2.18. The maximum absolute atomic E-state index is 16.8. The van der Waals surface area contributed by atoms with Crippen LogP contribution in [0.5, 0.6) is 28.7 Å². The van der Waals surface area contributed by atoms with Gasteiger partial charge >= 0.3 is 0 Å². The van der Waals surface area contributed by atoms with Crippen LogP contribution in [0.2, 0.25) is 0 Å². The molecule has 74 heavy (non-hydrogen) atoms. The summed E-state index contributed by atoms with van der Waals surface area (Å²) in [5.74, 6) is -0.114. The number of Topliss-reactive ketones (excluding diaryl/α,β-unsaturated/α-hetero) is 1. The minimum Gasteiger partial charge on any atom is -0.508 e. The minimum atomic E-state index is -1.63. The molecule has 10 nitrogen and oxygen atoms in total. The fraction of sp³-hybridized carbons (Fsp3) is 0.468. The van der Waals surface area contributed by atoms with E-state index in [2.05, 4.69) is 47.6 Å². The Morgan fingerprint density at radius 3 is 2.35 bits per heavy atom. The number of fused-ring (bicyclic) bond motifs is 2. The number of aliphatic hydroxyl groups is 2. The molecule has 0 spiro atoms. The van der Waals surface area contributed by atoms with E-state index in [0.29, 0.717) is 53.4 Å². The van der Waals surface area contributed by atoms with Crippen LogP contribution in [0.4, 0.5) is 0 Å². The molecule has 392 valence electrons. The number of phenols is 3. The van der Waals surface area contributed by atoms with Crippen LogP contribution in [-0.2, 0) is 53.6 Å². The van der Waals surface area contributed by atoms with Crippen LogP contribution in [0.25, 0.3) is 10.8 Å². The highest BCUT2D eigenvalue weighted by molar-refractivity contribution is 8.76. The number of nitrogens with one attached hydrogen (secondary N) is 2. The van der Waals surface area contributed by atoms with Gasteiger partial charge < -0.3 is 45.3 Å². The quantitative estimate of drug-likeness (QED) is 0.0618. The predicted octanol–water partition coefficient (Wildman–Crippen LogP) is 11.9. The standard InChI is InChI=1S/C62H74N2O8S2/c1-4-40-17-18-41-12-11-13-43-36-73-74-37-45-29-55(68)62(34-38-16-20-52(66)54(27-38)72-49-14-7-5-8-15-49,47-30-46(31-48(65)32-47)61(63-2)23-9-6-10-24-61)60(70)57(45)58(69)44(26-39-22-25-64-35-39)28-42-19-21-53(67)59(71-3)51(42)33-50(40)56(41)43/h11-13,16-22,25,27,30-32,35,44-45,49,55,57-58,63-69H,4-10,14-15,23-24,26,28-29,33-34,36-37H2,1-3H3/t44-,45+,55+,57-,58+,62+/m1/s1. The zero-order chi connectivity index (χ0) is 51.6. The molecule has 1 aliphatic heterocycles. The van der Waals surface area contributed by atoms with Crippen LogP contribution in [0.1, 0.15) is 128 Å². The van der Waals surface area contributed by atoms with E-state index in [4.69, 9.17) is 9.47 Å². The number of aromatic amines is 1. The molecule has 5 aromatic carbocycles. The van der Waals surface area contributed by atoms with Gasteiger partial charge in [0, 0.05) is 47.3 Å². The number of aromatic nitrogens is 1. The number of benzene rings is 5. The Bertz CT molecular complexity index is 2930. The lowest BCUT2D eigenvalue weighted by molar-refractivity contribution is -0.149. The summed E-state index contributed by atoms with van der Waals surface area (Å²) in [5, 5.41) is 67.4. The smallest absolute Gasteiger partial charge is 0.164 e. The molecular formula is C62H74N2O8S2. The topological polar surface area (TPSA) is 164 Å². The van der Waals surface area contributed by atoms with E-state index < -0.39 is 40.9 Å². The van der Waals surface area contributed by atoms with Gasteiger partial charge in [0.1, 0.15) is 5.75 Å². The number of phenolic OH excluding ortho intramolecular Hbond substituents is 3. The van der Waals surface area contributed by atoms with E-state index in [1.807, 2.05) is 55.8 Å². The number of ether oxygens (including phenoxy) is 2. The van der Waals surface area contributed by atoms with Crippen LogP contribution in [-0.4, -0.2) is 74.5 Å². The number of hydrogen-bond donors (Lipinski definition) is 7. The number of ketones is 1. The molecule has 0 saturated heterocycles. The molecule has 3 fully saturated rings. The van der Waals surface area contributed by atoms with Crippen LogP contribution < -0.4 is 14.8 Å². The summed E-state index contributed by atoms with van der Waals surface area (Å²) in [6.07, 6.45) is 13.7. The van der Waals surface area contributed by atoms with Gasteiger partial charge in [-0.1, -0.05) is 103 Å². The lowest BCUT2D eigenvalue weighted by Gasteiger charge is -2.50. The Labute approximate surface area is 444 Å². The molecule has 4 aliphatic rings. The van der Waals surface area contributed by atoms with Crippen LogP contribution in [0, 0.1) is 17.8 Å². The maximum Gasteiger partial charge on any atom is 0.164 e. The Kier molecular flexibility index (Phi) is 16.0. The second-order valence-electron chi connectivity index (χ2n) is 21.8. The van der Waals surface area contributed by atoms with Crippen molar-refractivity contribution in [2.75, 3.05) is 19.9 Å². The first-order chi connectivity index (χ1) is 35.9. The molecule has 3 aliphatic carbocycles. The number of rotatable bonds is 11. The van der Waals surface area contributed by atoms with Gasteiger partial charge in [-0.05, 0) is 181 Å². The highest BCUT2D eigenvalue weighted by atomic mass is 33.1. The predicted molar refractivity (Wildman–Crippen MR) is 298 cm³/mol. The van der Waals surface area contributed by atoms with Crippen molar-refractivity contribution in [3.8, 4) is 28.7 Å². The van der Waals surface area contributed by atoms with Gasteiger partial charge in [0.15, 0.2) is 28.8 Å². The van der Waals surface area contributed by atoms with Crippen molar-refractivity contribution < 1.29 is 39.8 Å². The lowest BCUT2D eigenvalue weighted by Crippen LogP contribution is -2.61. The fourth-order valence-corrected chi connectivity index (χ4v) is 16.1. The van der Waals surface area contributed by atoms with Gasteiger partial charge in [-0.3, -0.25) is 4.79 Å². The molecule has 7 N–H and O–H groups in total. The summed E-state index contributed by atoms with van der Waals surface area (Å²) in [6, 6.07) is 27.3. The van der Waals surface area contributed by atoms with E-state index in [1.165, 1.54) is 22.1 Å². The van der Waals surface area contributed by atoms with Crippen LogP contribution in [0.3, 0.4) is 0 Å². The Morgan fingerprint density at radius 2 is 1.59 bits per heavy atom. The van der Waals surface area contributed by atoms with Crippen molar-refractivity contribution in [3.63, 3.8) is 0 Å². The van der Waals surface area contributed by atoms with Crippen LogP contribution in [0.15, 0.2) is 97.3 Å². The highest BCUT2D eigenvalue weighted by Gasteiger charge is 2.58. The number of carbonyl (C=O) groups excluding carboxylic acids is 1. The zero-order valence-corrected chi connectivity index (χ0v) is 44.8. The molecule has 2 heterocycles. The van der Waals surface area contributed by atoms with Gasteiger partial charge in [0.05, 0.1) is 30.8 Å². The summed E-state index contributed by atoms with van der Waals surface area (Å²) < 4.78 is 12.6. The summed E-state index contributed by atoms with van der Waals surface area (Å²) in [7, 11) is 6.97. The molecule has 0 radical (unpaired) electrons. The first-order valence-electron chi connectivity index (χ1n) is 27.1. The number of methoxy groups -OCH3 is 1. The van der Waals surface area contributed by atoms with Gasteiger partial charge in [-0.25, -0.2) is 0 Å². The largest absolute Gasteiger partial charge is 0.508 e. The third-order valence-corrected chi connectivity index (χ3v) is 20.0. The Balaban J connectivity index is 1.14. The van der Waals surface area contributed by atoms with Crippen molar-refractivity contribution >= 4 is 38.1 Å². The molecule has 10 rings (SSSR count). The average molecular weight is 1040 g/mol. The zero-order valence-electron chi connectivity index (χ0n) is 43.2. The van der Waals surface area contributed by atoms with Crippen molar-refractivity contribution in [1.82, 2.24) is 10.3 Å². The molecule has 0 amide bonds.